The van der Waals surface area contributed by atoms with Crippen LogP contribution in [0.1, 0.15) is 18.3 Å². The van der Waals surface area contributed by atoms with Crippen molar-refractivity contribution >= 4 is 28.5 Å². The summed E-state index contributed by atoms with van der Waals surface area (Å²) in [5.74, 6) is 0.912. The SMILES string of the molecule is CCc1nc2cc(F)ccc2n1-c1cc(N)nc(Nc2ccc(C(F)(F)F)cc2)n1. The second-order valence-electron chi connectivity index (χ2n) is 6.52. The molecule has 4 rings (SSSR count). The normalized spacial score (nSPS) is 11.8. The van der Waals surface area contributed by atoms with Crippen molar-refractivity contribution in [3.8, 4) is 5.82 Å². The number of benzene rings is 2. The molecular weight excluding hydrogens is 400 g/mol. The summed E-state index contributed by atoms with van der Waals surface area (Å²) in [6, 6.07) is 10.3. The third kappa shape index (κ3) is 3.76. The molecule has 0 atom stereocenters. The first kappa shape index (κ1) is 19.6. The van der Waals surface area contributed by atoms with Crippen molar-refractivity contribution in [1.29, 1.82) is 0 Å². The Bertz CT molecular complexity index is 1210. The van der Waals surface area contributed by atoms with Crippen molar-refractivity contribution in [1.82, 2.24) is 19.5 Å². The average molecular weight is 416 g/mol. The van der Waals surface area contributed by atoms with Crippen LogP contribution >= 0.6 is 0 Å². The zero-order valence-corrected chi connectivity index (χ0v) is 15.7. The molecule has 0 saturated heterocycles. The predicted molar refractivity (Wildman–Crippen MR) is 105 cm³/mol. The van der Waals surface area contributed by atoms with Crippen molar-refractivity contribution in [2.24, 2.45) is 0 Å². The molecule has 0 unspecified atom stereocenters. The Kier molecular flexibility index (Phi) is 4.76. The molecule has 0 fully saturated rings. The van der Waals surface area contributed by atoms with E-state index in [1.807, 2.05) is 6.92 Å². The van der Waals surface area contributed by atoms with E-state index >= 15 is 0 Å². The third-order valence-corrected chi connectivity index (χ3v) is 4.43. The minimum Gasteiger partial charge on any atom is -0.383 e. The first-order chi connectivity index (χ1) is 14.2. The number of hydrogen-bond donors (Lipinski definition) is 2. The summed E-state index contributed by atoms with van der Waals surface area (Å²) in [6.45, 7) is 1.90. The molecule has 0 bridgehead atoms. The van der Waals surface area contributed by atoms with E-state index in [-0.39, 0.29) is 11.8 Å². The van der Waals surface area contributed by atoms with Gasteiger partial charge in [-0.2, -0.15) is 23.1 Å². The number of anilines is 3. The number of aromatic nitrogens is 4. The molecule has 0 aliphatic carbocycles. The van der Waals surface area contributed by atoms with Gasteiger partial charge >= 0.3 is 6.18 Å². The molecule has 154 valence electrons. The van der Waals surface area contributed by atoms with Gasteiger partial charge in [-0.3, -0.25) is 4.57 Å². The van der Waals surface area contributed by atoms with Crippen molar-refractivity contribution in [2.75, 3.05) is 11.1 Å². The summed E-state index contributed by atoms with van der Waals surface area (Å²) >= 11 is 0. The topological polar surface area (TPSA) is 81.7 Å². The van der Waals surface area contributed by atoms with Crippen LogP contribution in [0.15, 0.2) is 48.5 Å². The maximum absolute atomic E-state index is 13.6. The Balaban J connectivity index is 1.73. The minimum atomic E-state index is -4.42. The highest BCUT2D eigenvalue weighted by Crippen LogP contribution is 2.30. The van der Waals surface area contributed by atoms with E-state index in [9.17, 15) is 17.6 Å². The highest BCUT2D eigenvalue weighted by atomic mass is 19.4. The maximum atomic E-state index is 13.6. The summed E-state index contributed by atoms with van der Waals surface area (Å²) in [6.07, 6.45) is -3.86. The van der Waals surface area contributed by atoms with Crippen LogP contribution in [-0.4, -0.2) is 19.5 Å². The summed E-state index contributed by atoms with van der Waals surface area (Å²) < 4.78 is 53.5. The van der Waals surface area contributed by atoms with E-state index in [0.717, 1.165) is 12.1 Å². The van der Waals surface area contributed by atoms with Crippen LogP contribution in [0.2, 0.25) is 0 Å². The van der Waals surface area contributed by atoms with Crippen molar-refractivity contribution in [3.05, 3.63) is 65.7 Å². The number of imidazole rings is 1. The number of rotatable bonds is 4. The van der Waals surface area contributed by atoms with Crippen LogP contribution in [-0.2, 0) is 12.6 Å². The standard InChI is InChI=1S/C20H16F4N6/c1-2-17-27-14-9-12(21)5-8-15(14)30(17)18-10-16(25)28-19(29-18)26-13-6-3-11(4-7-13)20(22,23)24/h3-10H,2H2,1H3,(H3,25,26,28,29). The summed E-state index contributed by atoms with van der Waals surface area (Å²) in [7, 11) is 0. The van der Waals surface area contributed by atoms with Gasteiger partial charge in [-0.25, -0.2) is 9.37 Å². The lowest BCUT2D eigenvalue weighted by Crippen LogP contribution is -2.08. The quantitative estimate of drug-likeness (QED) is 0.464. The molecule has 2 aromatic carbocycles. The monoisotopic (exact) mass is 416 g/mol. The largest absolute Gasteiger partial charge is 0.416 e. The number of alkyl halides is 3. The Morgan fingerprint density at radius 1 is 1.00 bits per heavy atom. The fraction of sp³-hybridized carbons (Fsp3) is 0.150. The molecule has 4 aromatic rings. The lowest BCUT2D eigenvalue weighted by Gasteiger charge is -2.12. The fourth-order valence-corrected chi connectivity index (χ4v) is 3.09. The first-order valence-electron chi connectivity index (χ1n) is 9.00. The van der Waals surface area contributed by atoms with Crippen LogP contribution in [0.5, 0.6) is 0 Å². The van der Waals surface area contributed by atoms with E-state index in [0.29, 0.717) is 34.8 Å². The van der Waals surface area contributed by atoms with Crippen molar-refractivity contribution in [2.45, 2.75) is 19.5 Å². The zero-order valence-electron chi connectivity index (χ0n) is 15.7. The number of nitrogens with one attached hydrogen (secondary N) is 1. The Morgan fingerprint density at radius 2 is 1.73 bits per heavy atom. The van der Waals surface area contributed by atoms with Gasteiger partial charge in [-0.15, -0.1) is 0 Å². The molecule has 6 nitrogen and oxygen atoms in total. The van der Waals surface area contributed by atoms with Gasteiger partial charge in [-0.05, 0) is 36.4 Å². The highest BCUT2D eigenvalue weighted by molar-refractivity contribution is 5.78. The lowest BCUT2D eigenvalue weighted by atomic mass is 10.2. The van der Waals surface area contributed by atoms with Crippen LogP contribution in [0.3, 0.4) is 0 Å². The van der Waals surface area contributed by atoms with Gasteiger partial charge in [0.2, 0.25) is 5.95 Å². The smallest absolute Gasteiger partial charge is 0.383 e. The number of nitrogen functional groups attached to an aromatic ring is 1. The second kappa shape index (κ2) is 7.29. The molecule has 30 heavy (non-hydrogen) atoms. The minimum absolute atomic E-state index is 0.107. The summed E-state index contributed by atoms with van der Waals surface area (Å²) in [5, 5.41) is 2.86. The van der Waals surface area contributed by atoms with Gasteiger partial charge in [0.05, 0.1) is 16.6 Å². The maximum Gasteiger partial charge on any atom is 0.416 e. The second-order valence-corrected chi connectivity index (χ2v) is 6.52. The van der Waals surface area contributed by atoms with E-state index < -0.39 is 17.6 Å². The predicted octanol–water partition coefficient (Wildman–Crippen LogP) is 4.86. The molecule has 0 saturated carbocycles. The summed E-state index contributed by atoms with van der Waals surface area (Å²) in [5.41, 5.74) is 6.66. The molecule has 0 amide bonds. The Labute approximate surface area is 168 Å². The third-order valence-electron chi connectivity index (χ3n) is 4.43. The highest BCUT2D eigenvalue weighted by Gasteiger charge is 2.30. The molecule has 10 heteroatoms. The molecular formula is C20H16F4N6. The van der Waals surface area contributed by atoms with Gasteiger partial charge in [0.1, 0.15) is 23.3 Å². The number of nitrogens with two attached hydrogens (primary N) is 1. The van der Waals surface area contributed by atoms with E-state index in [1.165, 1.54) is 24.3 Å². The number of hydrogen-bond acceptors (Lipinski definition) is 5. The Hall–Kier alpha value is -3.69. The molecule has 3 N–H and O–H groups in total. The van der Waals surface area contributed by atoms with E-state index in [4.69, 9.17) is 5.73 Å². The van der Waals surface area contributed by atoms with Gasteiger partial charge in [-0.1, -0.05) is 6.92 Å². The molecule has 0 aliphatic heterocycles. The molecule has 2 aromatic heterocycles. The molecule has 0 aliphatic rings. The molecule has 2 heterocycles. The molecule has 0 radical (unpaired) electrons. The zero-order chi connectivity index (χ0) is 21.5. The van der Waals surface area contributed by atoms with Crippen molar-refractivity contribution in [3.63, 3.8) is 0 Å². The van der Waals surface area contributed by atoms with Crippen LogP contribution in [0.25, 0.3) is 16.9 Å². The average Bonchev–Trinajstić information content (AvgIpc) is 3.05. The lowest BCUT2D eigenvalue weighted by molar-refractivity contribution is -0.137. The van der Waals surface area contributed by atoms with E-state index in [2.05, 4.69) is 20.3 Å². The summed E-state index contributed by atoms with van der Waals surface area (Å²) in [4.78, 5) is 13.0. The fourth-order valence-electron chi connectivity index (χ4n) is 3.09. The van der Waals surface area contributed by atoms with Crippen LogP contribution < -0.4 is 11.1 Å². The number of nitrogens with zero attached hydrogens (tertiary/aromatic N) is 4. The number of fused-ring (bicyclic) bond motifs is 1. The van der Waals surface area contributed by atoms with Crippen molar-refractivity contribution < 1.29 is 17.6 Å². The van der Waals surface area contributed by atoms with Crippen LogP contribution in [0, 0.1) is 5.82 Å². The first-order valence-corrected chi connectivity index (χ1v) is 9.00. The Morgan fingerprint density at radius 3 is 2.40 bits per heavy atom. The van der Waals surface area contributed by atoms with Gasteiger partial charge in [0.25, 0.3) is 0 Å². The van der Waals surface area contributed by atoms with Crippen LogP contribution in [0.4, 0.5) is 35.0 Å². The van der Waals surface area contributed by atoms with Gasteiger partial charge in [0.15, 0.2) is 0 Å². The van der Waals surface area contributed by atoms with E-state index in [1.54, 1.807) is 16.7 Å². The number of aryl methyl sites for hydroxylation is 1. The van der Waals surface area contributed by atoms with Gasteiger partial charge < -0.3 is 11.1 Å². The molecule has 0 spiro atoms. The number of halogens is 4. The van der Waals surface area contributed by atoms with Gasteiger partial charge in [0, 0.05) is 24.2 Å².